The Morgan fingerprint density at radius 3 is 2.43 bits per heavy atom. The first-order chi connectivity index (χ1) is 10.7. The van der Waals surface area contributed by atoms with Gasteiger partial charge in [-0.2, -0.15) is 0 Å². The number of hydrogen-bond donors (Lipinski definition) is 2. The van der Waals surface area contributed by atoms with Crippen molar-refractivity contribution in [1.82, 2.24) is 10.6 Å². The highest BCUT2D eigenvalue weighted by Crippen LogP contribution is 2.16. The maximum Gasteiger partial charge on any atom is 0.191 e. The van der Waals surface area contributed by atoms with E-state index in [1.54, 1.807) is 20.8 Å². The van der Waals surface area contributed by atoms with Gasteiger partial charge in [-0.15, -0.1) is 0 Å². The molecule has 0 aliphatic rings. The molecule has 0 amide bonds. The molecule has 0 spiro atoms. The Hall–Kier alpha value is -1.27. The zero-order valence-corrected chi connectivity index (χ0v) is 15.8. The Morgan fingerprint density at radius 1 is 1.22 bits per heavy atom. The zero-order valence-electron chi connectivity index (χ0n) is 14.2. The monoisotopic (exact) mass is 359 g/mol. The highest BCUT2D eigenvalue weighted by atomic mass is 35.5. The number of aliphatic imine (C=N–C) groups is 1. The average molecular weight is 360 g/mol. The van der Waals surface area contributed by atoms with Crippen LogP contribution in [-0.4, -0.2) is 38.0 Å². The molecule has 0 aromatic heterocycles. The van der Waals surface area contributed by atoms with Crippen LogP contribution in [0.4, 0.5) is 0 Å². The van der Waals surface area contributed by atoms with Gasteiger partial charge in [0.05, 0.1) is 17.0 Å². The number of nitrogens with zero attached hydrogens (tertiary/aromatic N) is 1. The molecule has 0 fully saturated rings. The van der Waals surface area contributed by atoms with E-state index in [0.29, 0.717) is 30.6 Å². The molecule has 1 rings (SSSR count). The summed E-state index contributed by atoms with van der Waals surface area (Å²) >= 11 is 6.11. The van der Waals surface area contributed by atoms with E-state index < -0.39 is 14.6 Å². The maximum absolute atomic E-state index is 12.1. The third kappa shape index (κ3) is 6.39. The summed E-state index contributed by atoms with van der Waals surface area (Å²) in [5.41, 5.74) is 0.925. The fourth-order valence-electron chi connectivity index (χ4n) is 1.74. The summed E-state index contributed by atoms with van der Waals surface area (Å²) < 4.78 is 23.4. The van der Waals surface area contributed by atoms with Gasteiger partial charge >= 0.3 is 0 Å². The van der Waals surface area contributed by atoms with Crippen LogP contribution >= 0.6 is 11.6 Å². The Kier molecular flexibility index (Phi) is 7.35. The molecule has 1 aromatic rings. The molecule has 7 heteroatoms. The molecule has 5 nitrogen and oxygen atoms in total. The third-order valence-electron chi connectivity index (χ3n) is 3.31. The third-order valence-corrected chi connectivity index (χ3v) is 6.28. The first-order valence-electron chi connectivity index (χ1n) is 7.65. The molecule has 0 bridgehead atoms. The highest BCUT2D eigenvalue weighted by molar-refractivity contribution is 7.92. The molecule has 1 aromatic carbocycles. The zero-order chi connectivity index (χ0) is 17.5. The van der Waals surface area contributed by atoms with Crippen molar-refractivity contribution in [2.75, 3.05) is 18.8 Å². The van der Waals surface area contributed by atoms with Crippen LogP contribution < -0.4 is 10.6 Å². The van der Waals surface area contributed by atoms with Crippen LogP contribution in [-0.2, 0) is 16.4 Å². The molecule has 0 aliphatic carbocycles. The van der Waals surface area contributed by atoms with Crippen molar-refractivity contribution in [2.24, 2.45) is 4.99 Å². The van der Waals surface area contributed by atoms with Gasteiger partial charge in [-0.05, 0) is 39.3 Å². The van der Waals surface area contributed by atoms with Crippen LogP contribution in [0, 0.1) is 0 Å². The highest BCUT2D eigenvalue weighted by Gasteiger charge is 2.28. The van der Waals surface area contributed by atoms with Crippen molar-refractivity contribution in [3.8, 4) is 0 Å². The van der Waals surface area contributed by atoms with E-state index in [-0.39, 0.29) is 5.75 Å². The van der Waals surface area contributed by atoms with Crippen molar-refractivity contribution in [2.45, 2.75) is 39.0 Å². The lowest BCUT2D eigenvalue weighted by Crippen LogP contribution is -2.41. The van der Waals surface area contributed by atoms with E-state index in [4.69, 9.17) is 11.6 Å². The number of benzene rings is 1. The quantitative estimate of drug-likeness (QED) is 0.605. The molecular formula is C16H26ClN3O2S. The van der Waals surface area contributed by atoms with Gasteiger partial charge in [0.25, 0.3) is 0 Å². The molecule has 0 saturated heterocycles. The number of rotatable bonds is 6. The number of halogens is 1. The normalized spacial score (nSPS) is 13.0. The SMILES string of the molecule is CCNC(=NCc1ccccc1Cl)NCCS(=O)(=O)C(C)(C)C. The minimum absolute atomic E-state index is 0.0625. The largest absolute Gasteiger partial charge is 0.357 e. The first-order valence-corrected chi connectivity index (χ1v) is 9.68. The van der Waals surface area contributed by atoms with Crippen molar-refractivity contribution in [3.63, 3.8) is 0 Å². The Balaban J connectivity index is 2.66. The molecule has 130 valence electrons. The van der Waals surface area contributed by atoms with Crippen molar-refractivity contribution in [3.05, 3.63) is 34.9 Å². The standard InChI is InChI=1S/C16H26ClN3O2S/c1-5-18-15(19-10-11-23(21,22)16(2,3)4)20-12-13-8-6-7-9-14(13)17/h6-9H,5,10-12H2,1-4H3,(H2,18,19,20). The summed E-state index contributed by atoms with van der Waals surface area (Å²) in [4.78, 5) is 4.44. The van der Waals surface area contributed by atoms with E-state index in [0.717, 1.165) is 5.56 Å². The summed E-state index contributed by atoms with van der Waals surface area (Å²) in [6.45, 7) is 8.52. The second kappa shape index (κ2) is 8.55. The first kappa shape index (κ1) is 19.8. The topological polar surface area (TPSA) is 70.6 Å². The Bertz CT molecular complexity index is 637. The molecule has 0 unspecified atom stereocenters. The lowest BCUT2D eigenvalue weighted by molar-refractivity contribution is 0.559. The van der Waals surface area contributed by atoms with Crippen LogP contribution in [0.5, 0.6) is 0 Å². The predicted octanol–water partition coefficient (Wildman–Crippen LogP) is 2.61. The van der Waals surface area contributed by atoms with Crippen LogP contribution in [0.3, 0.4) is 0 Å². The van der Waals surface area contributed by atoms with Gasteiger partial charge in [0.2, 0.25) is 0 Å². The van der Waals surface area contributed by atoms with E-state index >= 15 is 0 Å². The predicted molar refractivity (Wildman–Crippen MR) is 97.8 cm³/mol. The molecule has 0 saturated carbocycles. The average Bonchev–Trinajstić information content (AvgIpc) is 2.45. The van der Waals surface area contributed by atoms with Crippen molar-refractivity contribution < 1.29 is 8.42 Å². The fraction of sp³-hybridized carbons (Fsp3) is 0.562. The fourth-order valence-corrected chi connectivity index (χ4v) is 2.92. The van der Waals surface area contributed by atoms with Gasteiger partial charge in [-0.1, -0.05) is 29.8 Å². The minimum Gasteiger partial charge on any atom is -0.357 e. The molecule has 0 atom stereocenters. The molecule has 0 radical (unpaired) electrons. The summed E-state index contributed by atoms with van der Waals surface area (Å²) in [7, 11) is -3.15. The smallest absolute Gasteiger partial charge is 0.191 e. The molecule has 23 heavy (non-hydrogen) atoms. The molecule has 0 aliphatic heterocycles. The van der Waals surface area contributed by atoms with E-state index in [1.807, 2.05) is 31.2 Å². The molecule has 0 heterocycles. The number of hydrogen-bond acceptors (Lipinski definition) is 3. The van der Waals surface area contributed by atoms with Gasteiger partial charge in [0.15, 0.2) is 15.8 Å². The molecule has 2 N–H and O–H groups in total. The lowest BCUT2D eigenvalue weighted by Gasteiger charge is -2.19. The van der Waals surface area contributed by atoms with Crippen LogP contribution in [0.15, 0.2) is 29.3 Å². The number of sulfone groups is 1. The summed E-state index contributed by atoms with van der Waals surface area (Å²) in [5, 5.41) is 6.82. The second-order valence-electron chi connectivity index (χ2n) is 6.14. The van der Waals surface area contributed by atoms with Gasteiger partial charge < -0.3 is 10.6 Å². The Labute approximate surface area is 144 Å². The maximum atomic E-state index is 12.1. The van der Waals surface area contributed by atoms with Crippen molar-refractivity contribution >= 4 is 27.4 Å². The summed E-state index contributed by atoms with van der Waals surface area (Å²) in [6, 6.07) is 7.52. The number of guanidine groups is 1. The van der Waals surface area contributed by atoms with Crippen LogP contribution in [0.1, 0.15) is 33.3 Å². The summed E-state index contributed by atoms with van der Waals surface area (Å²) in [5.74, 6) is 0.643. The van der Waals surface area contributed by atoms with Crippen LogP contribution in [0.2, 0.25) is 5.02 Å². The van der Waals surface area contributed by atoms with Gasteiger partial charge in [-0.25, -0.2) is 13.4 Å². The molecular weight excluding hydrogens is 334 g/mol. The number of nitrogens with one attached hydrogen (secondary N) is 2. The van der Waals surface area contributed by atoms with E-state index in [9.17, 15) is 8.42 Å². The Morgan fingerprint density at radius 2 is 1.87 bits per heavy atom. The summed E-state index contributed by atoms with van der Waals surface area (Å²) in [6.07, 6.45) is 0. The van der Waals surface area contributed by atoms with Gasteiger partial charge in [0, 0.05) is 18.1 Å². The minimum atomic E-state index is -3.15. The second-order valence-corrected chi connectivity index (χ2v) is 9.41. The van der Waals surface area contributed by atoms with Crippen molar-refractivity contribution in [1.29, 1.82) is 0 Å². The lowest BCUT2D eigenvalue weighted by atomic mass is 10.2. The van der Waals surface area contributed by atoms with E-state index in [1.165, 1.54) is 0 Å². The van der Waals surface area contributed by atoms with Crippen LogP contribution in [0.25, 0.3) is 0 Å². The van der Waals surface area contributed by atoms with Gasteiger partial charge in [0.1, 0.15) is 0 Å². The van der Waals surface area contributed by atoms with E-state index in [2.05, 4.69) is 15.6 Å². The van der Waals surface area contributed by atoms with Gasteiger partial charge in [-0.3, -0.25) is 0 Å².